The van der Waals surface area contributed by atoms with E-state index in [-0.39, 0.29) is 11.6 Å². The van der Waals surface area contributed by atoms with Crippen molar-refractivity contribution in [2.45, 2.75) is 33.4 Å². The van der Waals surface area contributed by atoms with Gasteiger partial charge in [0.05, 0.1) is 11.1 Å². The lowest BCUT2D eigenvalue weighted by Gasteiger charge is -2.30. The Balaban J connectivity index is 1.43. The van der Waals surface area contributed by atoms with Crippen molar-refractivity contribution in [1.29, 1.82) is 0 Å². The lowest BCUT2D eigenvalue weighted by atomic mass is 9.98. The van der Waals surface area contributed by atoms with Crippen molar-refractivity contribution in [3.05, 3.63) is 99.6 Å². The molecule has 0 N–H and O–H groups in total. The van der Waals surface area contributed by atoms with Crippen LogP contribution in [0.4, 0.5) is 4.39 Å². The molecule has 2 aliphatic heterocycles. The summed E-state index contributed by atoms with van der Waals surface area (Å²) < 4.78 is 25.3. The third-order valence-corrected chi connectivity index (χ3v) is 5.99. The van der Waals surface area contributed by atoms with Crippen LogP contribution in [0, 0.1) is 12.7 Å². The summed E-state index contributed by atoms with van der Waals surface area (Å²) in [4.78, 5) is 15.3. The van der Waals surface area contributed by atoms with E-state index in [1.165, 1.54) is 17.7 Å². The standard InChI is InChI=1S/C27H24FNO3/c1-3-18-4-6-19(7-5-18)13-24-26(30)25-17(2)12-23-22(27(25)32-24)15-29(16-31-23)14-20-8-10-21(28)11-9-20/h4-13H,3,14-16H2,1-2H3/b24-13-. The topological polar surface area (TPSA) is 38.8 Å². The first-order chi connectivity index (χ1) is 15.5. The fraction of sp³-hybridized carbons (Fsp3) is 0.222. The Kier molecular flexibility index (Phi) is 5.27. The molecule has 2 heterocycles. The maximum atomic E-state index is 13.2. The Morgan fingerprint density at radius 2 is 1.78 bits per heavy atom. The van der Waals surface area contributed by atoms with Crippen molar-refractivity contribution < 1.29 is 18.7 Å². The first-order valence-corrected chi connectivity index (χ1v) is 10.8. The summed E-state index contributed by atoms with van der Waals surface area (Å²) in [7, 11) is 0. The zero-order chi connectivity index (χ0) is 22.2. The molecular weight excluding hydrogens is 405 g/mol. The highest BCUT2D eigenvalue weighted by molar-refractivity contribution is 6.15. The summed E-state index contributed by atoms with van der Waals surface area (Å²) in [5, 5.41) is 0. The van der Waals surface area contributed by atoms with Gasteiger partial charge in [-0.05, 0) is 59.9 Å². The lowest BCUT2D eigenvalue weighted by molar-refractivity contribution is 0.0872. The van der Waals surface area contributed by atoms with E-state index in [0.717, 1.165) is 34.4 Å². The Bertz CT molecular complexity index is 1210. The van der Waals surface area contributed by atoms with E-state index >= 15 is 0 Å². The number of carbonyl (C=O) groups is 1. The molecule has 0 unspecified atom stereocenters. The molecule has 3 aromatic rings. The Morgan fingerprint density at radius 3 is 2.50 bits per heavy atom. The molecule has 0 radical (unpaired) electrons. The molecule has 5 rings (SSSR count). The fourth-order valence-electron chi connectivity index (χ4n) is 4.23. The van der Waals surface area contributed by atoms with Gasteiger partial charge in [-0.1, -0.05) is 43.3 Å². The van der Waals surface area contributed by atoms with Crippen LogP contribution in [0.25, 0.3) is 6.08 Å². The Morgan fingerprint density at radius 1 is 1.06 bits per heavy atom. The second kappa shape index (κ2) is 8.24. The summed E-state index contributed by atoms with van der Waals surface area (Å²) in [6, 6.07) is 16.5. The van der Waals surface area contributed by atoms with E-state index in [2.05, 4.69) is 24.0 Å². The molecule has 0 aromatic heterocycles. The second-order valence-corrected chi connectivity index (χ2v) is 8.30. The van der Waals surface area contributed by atoms with Crippen LogP contribution in [-0.2, 0) is 19.5 Å². The molecule has 0 atom stereocenters. The van der Waals surface area contributed by atoms with Gasteiger partial charge in [0.15, 0.2) is 5.76 Å². The number of nitrogens with zero attached hydrogens (tertiary/aromatic N) is 1. The molecule has 0 spiro atoms. The zero-order valence-electron chi connectivity index (χ0n) is 18.2. The number of rotatable bonds is 4. The fourth-order valence-corrected chi connectivity index (χ4v) is 4.23. The first kappa shape index (κ1) is 20.5. The predicted octanol–water partition coefficient (Wildman–Crippen LogP) is 5.66. The molecule has 2 aliphatic rings. The van der Waals surface area contributed by atoms with Gasteiger partial charge in [0.25, 0.3) is 0 Å². The number of fused-ring (bicyclic) bond motifs is 3. The van der Waals surface area contributed by atoms with Crippen LogP contribution < -0.4 is 9.47 Å². The van der Waals surface area contributed by atoms with Crippen LogP contribution in [0.1, 0.15) is 45.1 Å². The van der Waals surface area contributed by atoms with Crippen molar-refractivity contribution in [3.63, 3.8) is 0 Å². The quantitative estimate of drug-likeness (QED) is 0.502. The number of hydrogen-bond donors (Lipinski definition) is 0. The molecule has 0 saturated carbocycles. The molecule has 0 bridgehead atoms. The van der Waals surface area contributed by atoms with Crippen molar-refractivity contribution in [3.8, 4) is 11.5 Å². The Hall–Kier alpha value is -3.44. The van der Waals surface area contributed by atoms with Gasteiger partial charge in [0.1, 0.15) is 24.0 Å². The third kappa shape index (κ3) is 3.80. The lowest BCUT2D eigenvalue weighted by Crippen LogP contribution is -2.31. The van der Waals surface area contributed by atoms with E-state index in [4.69, 9.17) is 9.47 Å². The normalized spacial score (nSPS) is 16.5. The second-order valence-electron chi connectivity index (χ2n) is 8.30. The number of aryl methyl sites for hydroxylation is 2. The average molecular weight is 429 g/mol. The van der Waals surface area contributed by atoms with Gasteiger partial charge in [0, 0.05) is 13.1 Å². The minimum atomic E-state index is -0.252. The van der Waals surface area contributed by atoms with Crippen LogP contribution >= 0.6 is 0 Å². The van der Waals surface area contributed by atoms with Gasteiger partial charge in [-0.2, -0.15) is 0 Å². The first-order valence-electron chi connectivity index (χ1n) is 10.8. The van der Waals surface area contributed by atoms with Gasteiger partial charge in [-0.3, -0.25) is 9.69 Å². The molecule has 0 amide bonds. The highest BCUT2D eigenvalue weighted by Crippen LogP contribution is 2.44. The van der Waals surface area contributed by atoms with Crippen molar-refractivity contribution in [2.75, 3.05) is 6.73 Å². The van der Waals surface area contributed by atoms with Crippen LogP contribution in [-0.4, -0.2) is 17.4 Å². The smallest absolute Gasteiger partial charge is 0.232 e. The molecule has 162 valence electrons. The maximum absolute atomic E-state index is 13.2. The maximum Gasteiger partial charge on any atom is 0.232 e. The van der Waals surface area contributed by atoms with Crippen LogP contribution in [0.5, 0.6) is 11.5 Å². The van der Waals surface area contributed by atoms with E-state index in [0.29, 0.717) is 36.9 Å². The third-order valence-electron chi connectivity index (χ3n) is 5.99. The molecule has 4 nitrogen and oxygen atoms in total. The number of carbonyl (C=O) groups excluding carboxylic acids is 1. The highest BCUT2D eigenvalue weighted by Gasteiger charge is 2.35. The number of Topliss-reactive ketones (excluding diaryl/α,β-unsaturated/α-hetero) is 1. The van der Waals surface area contributed by atoms with E-state index < -0.39 is 0 Å². The van der Waals surface area contributed by atoms with Gasteiger partial charge in [-0.15, -0.1) is 0 Å². The highest BCUT2D eigenvalue weighted by atomic mass is 19.1. The summed E-state index contributed by atoms with van der Waals surface area (Å²) in [5.41, 5.74) is 5.50. The number of halogens is 1. The Labute approximate surface area is 186 Å². The molecular formula is C27H24FNO3. The van der Waals surface area contributed by atoms with Crippen LogP contribution in [0.15, 0.2) is 60.4 Å². The summed E-state index contributed by atoms with van der Waals surface area (Å²) in [5.74, 6) is 1.31. The largest absolute Gasteiger partial charge is 0.478 e. The molecule has 0 saturated heterocycles. The minimum absolute atomic E-state index is 0.101. The van der Waals surface area contributed by atoms with Crippen molar-refractivity contribution in [1.82, 2.24) is 4.90 Å². The molecule has 0 aliphatic carbocycles. The van der Waals surface area contributed by atoms with Crippen molar-refractivity contribution in [2.24, 2.45) is 0 Å². The minimum Gasteiger partial charge on any atom is -0.478 e. The predicted molar refractivity (Wildman–Crippen MR) is 121 cm³/mol. The molecule has 0 fully saturated rings. The van der Waals surface area contributed by atoms with Gasteiger partial charge < -0.3 is 9.47 Å². The number of benzene rings is 3. The summed E-state index contributed by atoms with van der Waals surface area (Å²) in [6.45, 7) is 5.64. The van der Waals surface area contributed by atoms with Gasteiger partial charge >= 0.3 is 0 Å². The molecule has 3 aromatic carbocycles. The van der Waals surface area contributed by atoms with E-state index in [9.17, 15) is 9.18 Å². The number of ether oxygens (including phenoxy) is 2. The van der Waals surface area contributed by atoms with Crippen LogP contribution in [0.2, 0.25) is 0 Å². The number of hydrogen-bond acceptors (Lipinski definition) is 4. The zero-order valence-corrected chi connectivity index (χ0v) is 18.2. The molecule has 32 heavy (non-hydrogen) atoms. The van der Waals surface area contributed by atoms with Gasteiger partial charge in [0.2, 0.25) is 5.78 Å². The van der Waals surface area contributed by atoms with E-state index in [1.807, 2.05) is 25.1 Å². The SMILES string of the molecule is CCc1ccc(/C=C2\Oc3c4c(cc(C)c3C2=O)OCN(Cc2ccc(F)cc2)C4)cc1. The molecule has 5 heteroatoms. The summed E-state index contributed by atoms with van der Waals surface area (Å²) in [6.07, 6.45) is 2.77. The number of ketones is 1. The number of allylic oxidation sites excluding steroid dienone is 1. The average Bonchev–Trinajstić information content (AvgIpc) is 3.13. The monoisotopic (exact) mass is 429 g/mol. The van der Waals surface area contributed by atoms with Crippen molar-refractivity contribution >= 4 is 11.9 Å². The van der Waals surface area contributed by atoms with E-state index in [1.54, 1.807) is 18.2 Å². The summed E-state index contributed by atoms with van der Waals surface area (Å²) >= 11 is 0. The van der Waals surface area contributed by atoms with Gasteiger partial charge in [-0.25, -0.2) is 4.39 Å². The van der Waals surface area contributed by atoms with Crippen LogP contribution in [0.3, 0.4) is 0 Å².